The van der Waals surface area contributed by atoms with Gasteiger partial charge in [0.25, 0.3) is 5.56 Å². The number of fused-ring (bicyclic) bond motifs is 1. The van der Waals surface area contributed by atoms with Crippen molar-refractivity contribution in [3.05, 3.63) is 51.8 Å². The maximum atomic E-state index is 12.3. The fourth-order valence-corrected chi connectivity index (χ4v) is 2.56. The van der Waals surface area contributed by atoms with Crippen molar-refractivity contribution in [1.29, 1.82) is 0 Å². The summed E-state index contributed by atoms with van der Waals surface area (Å²) in [5, 5.41) is 20.3. The van der Waals surface area contributed by atoms with E-state index in [-0.39, 0.29) is 11.6 Å². The molecule has 3 aromatic rings. The highest BCUT2D eigenvalue weighted by Gasteiger charge is 2.15. The largest absolute Gasteiger partial charge is 0.507 e. The SMILES string of the molecule is COc1ccc2c(=O)n(O)c(-c3cc(C)c(O)c(C)c3)nc2c1. The molecule has 0 fully saturated rings. The molecule has 2 aromatic carbocycles. The van der Waals surface area contributed by atoms with Crippen molar-refractivity contribution in [2.75, 3.05) is 7.11 Å². The number of methoxy groups -OCH3 is 1. The quantitative estimate of drug-likeness (QED) is 0.711. The summed E-state index contributed by atoms with van der Waals surface area (Å²) in [7, 11) is 1.53. The van der Waals surface area contributed by atoms with E-state index in [0.29, 0.717) is 38.1 Å². The number of aromatic hydroxyl groups is 1. The number of hydrogen-bond acceptors (Lipinski definition) is 5. The molecule has 0 unspecified atom stereocenters. The van der Waals surface area contributed by atoms with Crippen LogP contribution in [0.5, 0.6) is 11.5 Å². The van der Waals surface area contributed by atoms with E-state index >= 15 is 0 Å². The highest BCUT2D eigenvalue weighted by atomic mass is 16.5. The summed E-state index contributed by atoms with van der Waals surface area (Å²) >= 11 is 0. The Balaban J connectivity index is 2.33. The topological polar surface area (TPSA) is 84.6 Å². The van der Waals surface area contributed by atoms with Gasteiger partial charge < -0.3 is 15.1 Å². The minimum absolute atomic E-state index is 0.113. The lowest BCUT2D eigenvalue weighted by atomic mass is 10.0. The molecule has 0 aliphatic carbocycles. The highest BCUT2D eigenvalue weighted by molar-refractivity contribution is 5.81. The summed E-state index contributed by atoms with van der Waals surface area (Å²) in [5.41, 5.74) is 1.69. The third-order valence-corrected chi connectivity index (χ3v) is 3.80. The van der Waals surface area contributed by atoms with Crippen LogP contribution in [0.1, 0.15) is 11.1 Å². The summed E-state index contributed by atoms with van der Waals surface area (Å²) in [6.45, 7) is 3.49. The Hall–Kier alpha value is -3.02. The van der Waals surface area contributed by atoms with Gasteiger partial charge in [-0.25, -0.2) is 4.98 Å². The van der Waals surface area contributed by atoms with Crippen LogP contribution in [-0.2, 0) is 0 Å². The minimum atomic E-state index is -0.559. The first-order valence-corrected chi connectivity index (χ1v) is 7.03. The molecule has 3 rings (SSSR count). The van der Waals surface area contributed by atoms with Crippen molar-refractivity contribution in [2.24, 2.45) is 0 Å². The highest BCUT2D eigenvalue weighted by Crippen LogP contribution is 2.28. The van der Waals surface area contributed by atoms with Gasteiger partial charge in [0, 0.05) is 11.6 Å². The van der Waals surface area contributed by atoms with Crippen LogP contribution in [0.25, 0.3) is 22.3 Å². The Morgan fingerprint density at radius 1 is 1.13 bits per heavy atom. The summed E-state index contributed by atoms with van der Waals surface area (Å²) in [4.78, 5) is 16.7. The van der Waals surface area contributed by atoms with E-state index in [1.165, 1.54) is 7.11 Å². The summed E-state index contributed by atoms with van der Waals surface area (Å²) in [6, 6.07) is 8.18. The van der Waals surface area contributed by atoms with Gasteiger partial charge >= 0.3 is 0 Å². The fraction of sp³-hybridized carbons (Fsp3) is 0.176. The molecule has 2 N–H and O–H groups in total. The maximum Gasteiger partial charge on any atom is 0.294 e. The van der Waals surface area contributed by atoms with Gasteiger partial charge in [-0.05, 0) is 49.2 Å². The zero-order valence-corrected chi connectivity index (χ0v) is 13.0. The van der Waals surface area contributed by atoms with E-state index in [0.717, 1.165) is 0 Å². The van der Waals surface area contributed by atoms with E-state index in [4.69, 9.17) is 4.74 Å². The Morgan fingerprint density at radius 2 is 1.78 bits per heavy atom. The first-order chi connectivity index (χ1) is 10.9. The van der Waals surface area contributed by atoms with E-state index < -0.39 is 5.56 Å². The van der Waals surface area contributed by atoms with Crippen LogP contribution in [0.4, 0.5) is 0 Å². The van der Waals surface area contributed by atoms with Crippen LogP contribution in [0, 0.1) is 13.8 Å². The lowest BCUT2D eigenvalue weighted by Gasteiger charge is -2.11. The van der Waals surface area contributed by atoms with Gasteiger partial charge in [-0.15, -0.1) is 4.73 Å². The third kappa shape index (κ3) is 2.38. The summed E-state index contributed by atoms with van der Waals surface area (Å²) < 4.78 is 5.68. The van der Waals surface area contributed by atoms with Crippen molar-refractivity contribution in [3.8, 4) is 22.9 Å². The summed E-state index contributed by atoms with van der Waals surface area (Å²) in [6.07, 6.45) is 0. The molecule has 0 amide bonds. The van der Waals surface area contributed by atoms with Gasteiger partial charge in [-0.2, -0.15) is 0 Å². The van der Waals surface area contributed by atoms with Gasteiger partial charge in [0.2, 0.25) is 0 Å². The molecular formula is C17H16N2O4. The van der Waals surface area contributed by atoms with E-state index in [1.54, 1.807) is 44.2 Å². The molecule has 118 valence electrons. The molecular weight excluding hydrogens is 296 g/mol. The average Bonchev–Trinajstić information content (AvgIpc) is 2.55. The minimum Gasteiger partial charge on any atom is -0.507 e. The van der Waals surface area contributed by atoms with Gasteiger partial charge in [-0.3, -0.25) is 4.79 Å². The third-order valence-electron chi connectivity index (χ3n) is 3.80. The predicted octanol–water partition coefficient (Wildman–Crippen LogP) is 2.63. The van der Waals surface area contributed by atoms with Crippen LogP contribution in [0.2, 0.25) is 0 Å². The predicted molar refractivity (Wildman–Crippen MR) is 86.3 cm³/mol. The second-order valence-corrected chi connectivity index (χ2v) is 5.39. The molecule has 1 aromatic heterocycles. The molecule has 6 heteroatoms. The van der Waals surface area contributed by atoms with Crippen molar-refractivity contribution < 1.29 is 15.1 Å². The molecule has 0 atom stereocenters. The zero-order valence-electron chi connectivity index (χ0n) is 13.0. The number of hydrogen-bond donors (Lipinski definition) is 2. The van der Waals surface area contributed by atoms with Crippen LogP contribution >= 0.6 is 0 Å². The first kappa shape index (κ1) is 14.9. The van der Waals surface area contributed by atoms with Gasteiger partial charge in [0.05, 0.1) is 18.0 Å². The number of nitrogens with zero attached hydrogens (tertiary/aromatic N) is 2. The molecule has 0 saturated heterocycles. The number of aromatic nitrogens is 2. The molecule has 6 nitrogen and oxygen atoms in total. The Labute approximate surface area is 132 Å². The number of benzene rings is 2. The zero-order chi connectivity index (χ0) is 16.7. The standard InChI is InChI=1S/C17H16N2O4/c1-9-6-11(7-10(2)15(9)20)16-18-14-8-12(23-3)4-5-13(14)17(21)19(16)22/h4-8,20,22H,1-3H3. The number of phenolic OH excluding ortho intramolecular Hbond substituents is 1. The monoisotopic (exact) mass is 312 g/mol. The second kappa shape index (κ2) is 5.31. The molecule has 0 aliphatic rings. The molecule has 0 bridgehead atoms. The van der Waals surface area contributed by atoms with Gasteiger partial charge in [0.1, 0.15) is 11.5 Å². The molecule has 0 spiro atoms. The lowest BCUT2D eigenvalue weighted by Crippen LogP contribution is -2.21. The van der Waals surface area contributed by atoms with Crippen LogP contribution in [0.3, 0.4) is 0 Å². The Morgan fingerprint density at radius 3 is 2.39 bits per heavy atom. The van der Waals surface area contributed by atoms with Gasteiger partial charge in [-0.1, -0.05) is 0 Å². The van der Waals surface area contributed by atoms with E-state index in [1.807, 2.05) is 0 Å². The average molecular weight is 312 g/mol. The molecule has 0 saturated carbocycles. The van der Waals surface area contributed by atoms with Crippen molar-refractivity contribution >= 4 is 10.9 Å². The fourth-order valence-electron chi connectivity index (χ4n) is 2.56. The van der Waals surface area contributed by atoms with Crippen molar-refractivity contribution in [2.45, 2.75) is 13.8 Å². The smallest absolute Gasteiger partial charge is 0.294 e. The van der Waals surface area contributed by atoms with Gasteiger partial charge in [0.15, 0.2) is 5.82 Å². The van der Waals surface area contributed by atoms with Crippen LogP contribution < -0.4 is 10.3 Å². The van der Waals surface area contributed by atoms with E-state index in [9.17, 15) is 15.1 Å². The first-order valence-electron chi connectivity index (χ1n) is 7.03. The number of phenols is 1. The normalized spacial score (nSPS) is 10.9. The van der Waals surface area contributed by atoms with Crippen LogP contribution in [-0.4, -0.2) is 27.1 Å². The van der Waals surface area contributed by atoms with E-state index in [2.05, 4.69) is 4.98 Å². The summed E-state index contributed by atoms with van der Waals surface area (Å²) in [5.74, 6) is 0.870. The second-order valence-electron chi connectivity index (χ2n) is 5.39. The Kier molecular flexibility index (Phi) is 3.44. The number of ether oxygens (including phenoxy) is 1. The number of aryl methyl sites for hydroxylation is 2. The molecule has 0 aliphatic heterocycles. The van der Waals surface area contributed by atoms with Crippen molar-refractivity contribution in [1.82, 2.24) is 9.71 Å². The molecule has 0 radical (unpaired) electrons. The molecule has 23 heavy (non-hydrogen) atoms. The Bertz CT molecular complexity index is 953. The number of rotatable bonds is 2. The van der Waals surface area contributed by atoms with Crippen LogP contribution in [0.15, 0.2) is 35.1 Å². The van der Waals surface area contributed by atoms with Crippen molar-refractivity contribution in [3.63, 3.8) is 0 Å². The molecule has 1 heterocycles. The lowest BCUT2D eigenvalue weighted by molar-refractivity contribution is 0.178. The maximum absolute atomic E-state index is 12.3.